The summed E-state index contributed by atoms with van der Waals surface area (Å²) in [5, 5.41) is 26.2. The first-order chi connectivity index (χ1) is 29.9. The Morgan fingerprint density at radius 3 is 2.22 bits per heavy atom. The molecule has 2 aromatic rings. The van der Waals surface area contributed by atoms with E-state index in [0.29, 0.717) is 6.42 Å². The lowest BCUT2D eigenvalue weighted by Crippen LogP contribution is -2.46. The number of hydrogen-bond acceptors (Lipinski definition) is 19. The molecule has 10 N–H and O–H groups in total. The van der Waals surface area contributed by atoms with Gasteiger partial charge in [-0.25, -0.2) is 28.6 Å². The Morgan fingerprint density at radius 2 is 1.56 bits per heavy atom. The predicted molar refractivity (Wildman–Crippen MR) is 229 cm³/mol. The van der Waals surface area contributed by atoms with Gasteiger partial charge in [-0.05, 0) is 6.42 Å². The Balaban J connectivity index is 1.36. The van der Waals surface area contributed by atoms with E-state index < -0.39 is 84.6 Å². The number of anilines is 1. The molecular weight excluding hydrogens is 931 g/mol. The molecule has 0 aliphatic carbocycles. The highest BCUT2D eigenvalue weighted by Gasteiger charge is 2.50. The molecule has 2 amide bonds. The number of carbonyl (C=O) groups excluding carboxylic acids is 4. The van der Waals surface area contributed by atoms with E-state index in [9.17, 15) is 62.7 Å². The van der Waals surface area contributed by atoms with Crippen molar-refractivity contribution < 1.29 is 85.3 Å². The number of aromatic nitrogens is 4. The van der Waals surface area contributed by atoms with Crippen LogP contribution in [0.2, 0.25) is 0 Å². The van der Waals surface area contributed by atoms with Crippen molar-refractivity contribution >= 4 is 74.9 Å². The largest absolute Gasteiger partial charge is 0.481 e. The van der Waals surface area contributed by atoms with Gasteiger partial charge in [0.15, 0.2) is 22.8 Å². The van der Waals surface area contributed by atoms with E-state index in [4.69, 9.17) is 19.5 Å². The summed E-state index contributed by atoms with van der Waals surface area (Å²) < 4.78 is 62.3. The Kier molecular flexibility index (Phi) is 22.5. The van der Waals surface area contributed by atoms with Gasteiger partial charge in [-0.3, -0.25) is 37.3 Å². The molecule has 64 heavy (non-hydrogen) atoms. The van der Waals surface area contributed by atoms with Gasteiger partial charge < -0.3 is 50.9 Å². The van der Waals surface area contributed by atoms with Crippen molar-refractivity contribution in [2.75, 3.05) is 37.8 Å². The molecule has 2 aromatic heterocycles. The van der Waals surface area contributed by atoms with Crippen LogP contribution >= 0.6 is 35.2 Å². The Morgan fingerprint density at radius 1 is 0.922 bits per heavy atom. The van der Waals surface area contributed by atoms with Crippen LogP contribution in [-0.4, -0.2) is 128 Å². The van der Waals surface area contributed by atoms with E-state index in [1.807, 2.05) is 0 Å². The van der Waals surface area contributed by atoms with Crippen LogP contribution in [0.15, 0.2) is 12.7 Å². The number of ketones is 1. The van der Waals surface area contributed by atoms with Crippen molar-refractivity contribution in [3.8, 4) is 0 Å². The fourth-order valence-electron chi connectivity index (χ4n) is 6.23. The molecule has 364 valence electrons. The molecule has 29 heteroatoms. The molecule has 0 radical (unpaired) electrons. The van der Waals surface area contributed by atoms with Crippen molar-refractivity contribution in [2.45, 2.75) is 128 Å². The van der Waals surface area contributed by atoms with E-state index in [1.54, 1.807) is 0 Å². The van der Waals surface area contributed by atoms with Crippen LogP contribution in [-0.2, 0) is 55.5 Å². The number of ether oxygens (including phenoxy) is 1. The number of nitrogens with two attached hydrogens (primary N) is 1. The number of carbonyl (C=O) groups is 4. The van der Waals surface area contributed by atoms with Gasteiger partial charge >= 0.3 is 23.5 Å². The summed E-state index contributed by atoms with van der Waals surface area (Å²) in [7, 11) is -16.4. The number of aliphatic hydroxyl groups excluding tert-OH is 2. The van der Waals surface area contributed by atoms with Gasteiger partial charge in [-0.2, -0.15) is 4.31 Å². The van der Waals surface area contributed by atoms with Gasteiger partial charge in [0.05, 0.1) is 26.0 Å². The number of hydrogen-bond donors (Lipinski definition) is 9. The zero-order valence-electron chi connectivity index (χ0n) is 35.8. The summed E-state index contributed by atoms with van der Waals surface area (Å²) in [6.07, 6.45) is 3.29. The molecule has 1 fully saturated rings. The molecule has 0 saturated carbocycles. The predicted octanol–water partition coefficient (Wildman–Crippen LogP) is 2.54. The van der Waals surface area contributed by atoms with Crippen LogP contribution in [0.4, 0.5) is 5.82 Å². The maximum Gasteiger partial charge on any atom is 0.481 e. The van der Waals surface area contributed by atoms with Crippen LogP contribution in [0.3, 0.4) is 0 Å². The second-order valence-corrected chi connectivity index (χ2v) is 21.0. The van der Waals surface area contributed by atoms with Gasteiger partial charge in [-0.15, -0.1) is 0 Å². The fourth-order valence-corrected chi connectivity index (χ4v) is 9.75. The van der Waals surface area contributed by atoms with Gasteiger partial charge in [0.1, 0.15) is 42.0 Å². The Hall–Kier alpha value is -2.77. The maximum absolute atomic E-state index is 12.7. The summed E-state index contributed by atoms with van der Waals surface area (Å²) in [6, 6.07) is 0. The molecule has 0 spiro atoms. The zero-order valence-corrected chi connectivity index (χ0v) is 39.3. The molecule has 7 atom stereocenters. The average molecular weight is 992 g/mol. The highest BCUT2D eigenvalue weighted by atomic mass is 32.2. The molecule has 3 rings (SSSR count). The van der Waals surface area contributed by atoms with E-state index in [-0.39, 0.29) is 59.6 Å². The van der Waals surface area contributed by atoms with Gasteiger partial charge in [0.25, 0.3) is 0 Å². The van der Waals surface area contributed by atoms with Crippen LogP contribution < -0.4 is 16.4 Å². The third-order valence-electron chi connectivity index (χ3n) is 9.67. The smallest absolute Gasteiger partial charge is 0.386 e. The second-order valence-electron chi connectivity index (χ2n) is 15.6. The van der Waals surface area contributed by atoms with Crippen LogP contribution in [0.25, 0.3) is 11.2 Å². The summed E-state index contributed by atoms with van der Waals surface area (Å²) in [5.74, 6) is -1.40. The summed E-state index contributed by atoms with van der Waals surface area (Å²) in [5.41, 5.74) is 4.24. The molecule has 3 heterocycles. The second kappa shape index (κ2) is 26.0. The number of thioether (sulfide) groups is 1. The van der Waals surface area contributed by atoms with Crippen LogP contribution in [0.1, 0.15) is 104 Å². The molecular formula is C35H60N7O18P3S. The van der Waals surface area contributed by atoms with E-state index in [1.165, 1.54) is 46.0 Å². The maximum atomic E-state index is 12.7. The van der Waals surface area contributed by atoms with E-state index >= 15 is 0 Å². The highest BCUT2D eigenvalue weighted by molar-refractivity contribution is 8.13. The minimum Gasteiger partial charge on any atom is -0.386 e. The Labute approximate surface area is 373 Å². The first-order valence-corrected chi connectivity index (χ1v) is 26.0. The summed E-state index contributed by atoms with van der Waals surface area (Å²) in [6.45, 7) is 2.52. The highest BCUT2D eigenvalue weighted by Crippen LogP contribution is 2.61. The molecule has 1 aliphatic rings. The molecule has 0 bridgehead atoms. The fraction of sp³-hybridized carbons (Fsp3) is 0.743. The van der Waals surface area contributed by atoms with Crippen molar-refractivity contribution in [1.29, 1.82) is 0 Å². The minimum atomic E-state index is -5.59. The molecule has 25 nitrogen and oxygen atoms in total. The molecule has 1 saturated heterocycles. The quantitative estimate of drug-likeness (QED) is 0.0298. The number of unbranched alkanes of at least 4 members (excludes halogenated alkanes) is 8. The number of rotatable bonds is 31. The SMILES string of the molecule is CCCCCCCCCCCC(=O)CC(=O)SCCNC(=O)CCNC(=O)[C@H](O)C(C)(C)COP(=O)(O)OP(=O)(O)OC[C@H]1O[C@@H](n2cnc3c(N)ncnc32)C(O)C1OP(=O)(O)O. The number of phosphoric ester groups is 3. The number of Topliss-reactive ketones (excluding diaryl/α,β-unsaturated/α-hetero) is 1. The number of imidazole rings is 1. The van der Waals surface area contributed by atoms with E-state index in [0.717, 1.165) is 54.7 Å². The standard InChI is InChI=1S/C35H60N7O18P3S/c1-4-5-6-7-8-9-10-11-12-13-23(43)18-26(45)64-17-16-37-25(44)14-15-38-33(48)30(47)35(2,3)20-57-63(54,55)60-62(52,53)56-19-24-29(59-61(49,50)51)28(46)34(58-24)42-22-41-27-31(36)39-21-40-32(27)42/h21-22,24,28-30,34,46-47H,4-20H2,1-3H3,(H,37,44)(H,38,48)(H,52,53)(H,54,55)(H2,36,39,40)(H2,49,50,51)/t24-,28?,29?,30+,34-/m1/s1. The average Bonchev–Trinajstić information content (AvgIpc) is 3.76. The van der Waals surface area contributed by atoms with Gasteiger partial charge in [0.2, 0.25) is 11.8 Å². The van der Waals surface area contributed by atoms with E-state index in [2.05, 4.69) is 41.3 Å². The van der Waals surface area contributed by atoms with Gasteiger partial charge in [0, 0.05) is 37.1 Å². The van der Waals surface area contributed by atoms with Crippen molar-refractivity contribution in [1.82, 2.24) is 30.2 Å². The number of fused-ring (bicyclic) bond motifs is 1. The Bertz CT molecular complexity index is 2010. The topological polar surface area (TPSA) is 381 Å². The lowest BCUT2D eigenvalue weighted by molar-refractivity contribution is -0.137. The number of amides is 2. The first kappa shape index (κ1) is 55.6. The zero-order chi connectivity index (χ0) is 47.7. The third kappa shape index (κ3) is 19.2. The molecule has 1 aliphatic heterocycles. The monoisotopic (exact) mass is 991 g/mol. The number of nitrogens with one attached hydrogen (secondary N) is 2. The van der Waals surface area contributed by atoms with Crippen molar-refractivity contribution in [2.24, 2.45) is 5.41 Å². The van der Waals surface area contributed by atoms with Gasteiger partial charge in [-0.1, -0.05) is 83.9 Å². The van der Waals surface area contributed by atoms with Crippen molar-refractivity contribution in [3.05, 3.63) is 12.7 Å². The number of nitrogens with zero attached hydrogens (tertiary/aromatic N) is 4. The van der Waals surface area contributed by atoms with Crippen LogP contribution in [0.5, 0.6) is 0 Å². The lowest BCUT2D eigenvalue weighted by atomic mass is 9.87. The molecule has 0 aromatic carbocycles. The summed E-state index contributed by atoms with van der Waals surface area (Å²) >= 11 is 0.934. The molecule has 4 unspecified atom stereocenters. The number of nitrogen functional groups attached to an aromatic ring is 1. The first-order valence-electron chi connectivity index (χ1n) is 20.5. The number of aliphatic hydroxyl groups is 2. The number of phosphoric acid groups is 3. The lowest BCUT2D eigenvalue weighted by Gasteiger charge is -2.30. The summed E-state index contributed by atoms with van der Waals surface area (Å²) in [4.78, 5) is 100. The van der Waals surface area contributed by atoms with Crippen LogP contribution in [0, 0.1) is 5.41 Å². The normalized spacial score (nSPS) is 20.4. The third-order valence-corrected chi connectivity index (χ3v) is 13.6. The minimum absolute atomic E-state index is 0.0259. The van der Waals surface area contributed by atoms with Crippen molar-refractivity contribution in [3.63, 3.8) is 0 Å².